The second kappa shape index (κ2) is 10.9. The molecule has 0 bridgehead atoms. The molecule has 2 aromatic carbocycles. The van der Waals surface area contributed by atoms with E-state index < -0.39 is 6.10 Å². The lowest BCUT2D eigenvalue weighted by molar-refractivity contribution is -0.122. The first-order valence-corrected chi connectivity index (χ1v) is 10.8. The van der Waals surface area contributed by atoms with E-state index in [4.69, 9.17) is 18.9 Å². The van der Waals surface area contributed by atoms with Crippen molar-refractivity contribution in [1.82, 2.24) is 0 Å². The number of nitrogens with one attached hydrogen (secondary N) is 1. The number of hydrogen-bond donors (Lipinski definition) is 1. The third kappa shape index (κ3) is 6.04. The van der Waals surface area contributed by atoms with Gasteiger partial charge < -0.3 is 29.2 Å². The molecular formula is C24H32N2O5. The fourth-order valence-corrected chi connectivity index (χ4v) is 3.42. The minimum absolute atomic E-state index is 0.260. The molecule has 0 unspecified atom stereocenters. The summed E-state index contributed by atoms with van der Waals surface area (Å²) in [4.78, 5) is 15.1. The molecule has 31 heavy (non-hydrogen) atoms. The number of carbonyl (C=O) groups excluding carboxylic acids is 1. The number of carbonyl (C=O) groups is 1. The highest BCUT2D eigenvalue weighted by molar-refractivity contribution is 5.96. The average Bonchev–Trinajstić information content (AvgIpc) is 2.76. The Morgan fingerprint density at radius 1 is 1.10 bits per heavy atom. The Hall–Kier alpha value is -2.93. The van der Waals surface area contributed by atoms with Crippen molar-refractivity contribution < 1.29 is 23.7 Å². The monoisotopic (exact) mass is 428 g/mol. The van der Waals surface area contributed by atoms with Gasteiger partial charge in [-0.2, -0.15) is 0 Å². The van der Waals surface area contributed by atoms with Gasteiger partial charge in [0, 0.05) is 25.2 Å². The summed E-state index contributed by atoms with van der Waals surface area (Å²) in [6, 6.07) is 11.4. The molecule has 1 amide bonds. The molecule has 1 fully saturated rings. The van der Waals surface area contributed by atoms with E-state index in [1.807, 2.05) is 57.2 Å². The summed E-state index contributed by atoms with van der Waals surface area (Å²) in [7, 11) is 0. The van der Waals surface area contributed by atoms with Gasteiger partial charge in [-0.25, -0.2) is 0 Å². The lowest BCUT2D eigenvalue weighted by atomic mass is 10.2. The van der Waals surface area contributed by atoms with Crippen molar-refractivity contribution in [1.29, 1.82) is 0 Å². The Morgan fingerprint density at radius 2 is 1.81 bits per heavy atom. The normalized spacial score (nSPS) is 14.6. The molecule has 1 aliphatic heterocycles. The van der Waals surface area contributed by atoms with Crippen molar-refractivity contribution in [2.24, 2.45) is 0 Å². The van der Waals surface area contributed by atoms with Crippen LogP contribution in [0.25, 0.3) is 0 Å². The number of anilines is 2. The molecule has 1 N–H and O–H groups in total. The van der Waals surface area contributed by atoms with Crippen molar-refractivity contribution >= 4 is 17.3 Å². The molecule has 2 aromatic rings. The minimum atomic E-state index is -0.675. The molecule has 7 heteroatoms. The standard InChI is InChI=1S/C24H32N2O5/c1-5-29-22-16-21(26-10-12-28-13-11-26)23(30-6-2)15-20(22)25-24(27)18(4)31-19-9-7-8-17(3)14-19/h7-9,14-16,18H,5-6,10-13H2,1-4H3,(H,25,27)/t18-/m1/s1. The maximum atomic E-state index is 12.9. The van der Waals surface area contributed by atoms with E-state index >= 15 is 0 Å². The third-order valence-electron chi connectivity index (χ3n) is 4.94. The number of aryl methyl sites for hydroxylation is 1. The van der Waals surface area contributed by atoms with Gasteiger partial charge in [-0.3, -0.25) is 4.79 Å². The van der Waals surface area contributed by atoms with Crippen LogP contribution in [0.15, 0.2) is 36.4 Å². The zero-order chi connectivity index (χ0) is 22.2. The van der Waals surface area contributed by atoms with E-state index in [9.17, 15) is 4.79 Å². The Labute approximate surface area is 184 Å². The van der Waals surface area contributed by atoms with Gasteiger partial charge in [0.05, 0.1) is 37.8 Å². The zero-order valence-corrected chi connectivity index (χ0v) is 18.8. The molecule has 1 heterocycles. The van der Waals surface area contributed by atoms with Crippen molar-refractivity contribution in [3.63, 3.8) is 0 Å². The van der Waals surface area contributed by atoms with Crippen LogP contribution in [0, 0.1) is 6.92 Å². The van der Waals surface area contributed by atoms with Crippen LogP contribution in [0.5, 0.6) is 17.2 Å². The van der Waals surface area contributed by atoms with Gasteiger partial charge in [0.15, 0.2) is 6.10 Å². The van der Waals surface area contributed by atoms with Gasteiger partial charge in [0.2, 0.25) is 0 Å². The maximum absolute atomic E-state index is 12.9. The minimum Gasteiger partial charge on any atom is -0.492 e. The van der Waals surface area contributed by atoms with E-state index in [-0.39, 0.29) is 5.91 Å². The van der Waals surface area contributed by atoms with Crippen LogP contribution >= 0.6 is 0 Å². The van der Waals surface area contributed by atoms with Crippen LogP contribution in [0.3, 0.4) is 0 Å². The van der Waals surface area contributed by atoms with Gasteiger partial charge in [0.1, 0.15) is 17.2 Å². The number of ether oxygens (including phenoxy) is 4. The first-order valence-electron chi connectivity index (χ1n) is 10.8. The molecule has 168 valence electrons. The van der Waals surface area contributed by atoms with Crippen molar-refractivity contribution in [2.75, 3.05) is 49.7 Å². The molecule has 0 aliphatic carbocycles. The van der Waals surface area contributed by atoms with E-state index in [1.54, 1.807) is 6.92 Å². The first-order chi connectivity index (χ1) is 15.0. The number of rotatable bonds is 9. The van der Waals surface area contributed by atoms with Crippen LogP contribution in [0.4, 0.5) is 11.4 Å². The summed E-state index contributed by atoms with van der Waals surface area (Å²) in [5.41, 5.74) is 2.58. The van der Waals surface area contributed by atoms with Crippen molar-refractivity contribution in [3.05, 3.63) is 42.0 Å². The summed E-state index contributed by atoms with van der Waals surface area (Å²) in [5, 5.41) is 2.95. The number of hydrogen-bond acceptors (Lipinski definition) is 6. The summed E-state index contributed by atoms with van der Waals surface area (Å²) in [6.45, 7) is 11.5. The van der Waals surface area contributed by atoms with E-state index in [2.05, 4.69) is 10.2 Å². The fourth-order valence-electron chi connectivity index (χ4n) is 3.42. The smallest absolute Gasteiger partial charge is 0.265 e. The highest BCUT2D eigenvalue weighted by Gasteiger charge is 2.22. The van der Waals surface area contributed by atoms with E-state index in [0.717, 1.165) is 24.3 Å². The predicted molar refractivity (Wildman–Crippen MR) is 122 cm³/mol. The van der Waals surface area contributed by atoms with Gasteiger partial charge in [-0.1, -0.05) is 12.1 Å². The Morgan fingerprint density at radius 3 is 2.48 bits per heavy atom. The molecule has 0 saturated carbocycles. The highest BCUT2D eigenvalue weighted by Crippen LogP contribution is 2.39. The molecule has 0 radical (unpaired) electrons. The molecule has 1 aliphatic rings. The lowest BCUT2D eigenvalue weighted by Crippen LogP contribution is -2.36. The van der Waals surface area contributed by atoms with Gasteiger partial charge in [-0.05, 0) is 45.4 Å². The Kier molecular flexibility index (Phi) is 8.00. The number of benzene rings is 2. The third-order valence-corrected chi connectivity index (χ3v) is 4.94. The number of nitrogens with zero attached hydrogens (tertiary/aromatic N) is 1. The number of amides is 1. The van der Waals surface area contributed by atoms with Crippen LogP contribution in [-0.2, 0) is 9.53 Å². The van der Waals surface area contributed by atoms with E-state index in [1.165, 1.54) is 0 Å². The Balaban J connectivity index is 1.82. The van der Waals surface area contributed by atoms with Crippen LogP contribution in [0.1, 0.15) is 26.3 Å². The number of morpholine rings is 1. The summed E-state index contributed by atoms with van der Waals surface area (Å²) < 4.78 is 23.0. The molecule has 1 atom stereocenters. The molecule has 7 nitrogen and oxygen atoms in total. The topological polar surface area (TPSA) is 69.3 Å². The molecule has 1 saturated heterocycles. The van der Waals surface area contributed by atoms with Gasteiger partial charge in [-0.15, -0.1) is 0 Å². The molecule has 0 aromatic heterocycles. The first kappa shape index (κ1) is 22.7. The van der Waals surface area contributed by atoms with Crippen LogP contribution in [-0.4, -0.2) is 51.5 Å². The second-order valence-corrected chi connectivity index (χ2v) is 7.35. The summed E-state index contributed by atoms with van der Waals surface area (Å²) in [5.74, 6) is 1.70. The van der Waals surface area contributed by atoms with Gasteiger partial charge in [0.25, 0.3) is 5.91 Å². The molecule has 0 spiro atoms. The second-order valence-electron chi connectivity index (χ2n) is 7.35. The van der Waals surface area contributed by atoms with Crippen LogP contribution in [0.2, 0.25) is 0 Å². The molecular weight excluding hydrogens is 396 g/mol. The van der Waals surface area contributed by atoms with Gasteiger partial charge >= 0.3 is 0 Å². The van der Waals surface area contributed by atoms with Crippen molar-refractivity contribution in [3.8, 4) is 17.2 Å². The largest absolute Gasteiger partial charge is 0.492 e. The fraction of sp³-hybridized carbons (Fsp3) is 0.458. The van der Waals surface area contributed by atoms with Crippen LogP contribution < -0.4 is 24.4 Å². The molecule has 3 rings (SSSR count). The van der Waals surface area contributed by atoms with E-state index in [0.29, 0.717) is 49.4 Å². The quantitative estimate of drug-likeness (QED) is 0.650. The maximum Gasteiger partial charge on any atom is 0.265 e. The predicted octanol–water partition coefficient (Wildman–Crippen LogP) is 4.04. The average molecular weight is 429 g/mol. The highest BCUT2D eigenvalue weighted by atomic mass is 16.5. The Bertz CT molecular complexity index is 880. The van der Waals surface area contributed by atoms with Crippen molar-refractivity contribution in [2.45, 2.75) is 33.8 Å². The summed E-state index contributed by atoms with van der Waals surface area (Å²) >= 11 is 0. The lowest BCUT2D eigenvalue weighted by Gasteiger charge is -2.31. The summed E-state index contributed by atoms with van der Waals surface area (Å²) in [6.07, 6.45) is -0.675. The zero-order valence-electron chi connectivity index (χ0n) is 18.8. The SMILES string of the molecule is CCOc1cc(N2CCOCC2)c(OCC)cc1NC(=O)[C@@H](C)Oc1cccc(C)c1.